The number of carboxylic acid groups (broad SMARTS) is 1. The number of rotatable bonds is 5. The summed E-state index contributed by atoms with van der Waals surface area (Å²) in [5.74, 6) is -0.595. The van der Waals surface area contributed by atoms with Gasteiger partial charge in [0.1, 0.15) is 5.75 Å². The largest absolute Gasteiger partial charge is 0.508 e. The second-order valence-corrected chi connectivity index (χ2v) is 4.92. The van der Waals surface area contributed by atoms with Crippen LogP contribution in [0.3, 0.4) is 0 Å². The monoisotopic (exact) mass is 278 g/mol. The predicted molar refractivity (Wildman–Crippen MR) is 72.7 cm³/mol. The number of phenolic OH excluding ortho intramolecular Hbond substituents is 1. The third kappa shape index (κ3) is 3.63. The van der Waals surface area contributed by atoms with Crippen LogP contribution in [0.5, 0.6) is 5.75 Å². The highest BCUT2D eigenvalue weighted by Gasteiger charge is 2.24. The first kappa shape index (κ1) is 14.2. The molecule has 0 fully saturated rings. The summed E-state index contributed by atoms with van der Waals surface area (Å²) in [5, 5.41) is 23.7. The summed E-state index contributed by atoms with van der Waals surface area (Å²) in [4.78, 5) is 22.0. The Kier molecular flexibility index (Phi) is 4.45. The Morgan fingerprint density at radius 2 is 2.10 bits per heavy atom. The molecule has 2 amide bonds. The van der Waals surface area contributed by atoms with Crippen LogP contribution in [0.4, 0.5) is 4.79 Å². The number of carboxylic acids is 1. The second-order valence-electron chi connectivity index (χ2n) is 4.92. The van der Waals surface area contributed by atoms with Gasteiger partial charge in [-0.3, -0.25) is 4.79 Å². The van der Waals surface area contributed by atoms with Crippen LogP contribution >= 0.6 is 0 Å². The van der Waals surface area contributed by atoms with Crippen molar-refractivity contribution in [2.24, 2.45) is 0 Å². The molecule has 0 radical (unpaired) electrons. The van der Waals surface area contributed by atoms with Gasteiger partial charge in [-0.1, -0.05) is 12.1 Å². The minimum absolute atomic E-state index is 0.0298. The number of phenols is 1. The van der Waals surface area contributed by atoms with Crippen LogP contribution in [-0.2, 0) is 17.6 Å². The van der Waals surface area contributed by atoms with Crippen LogP contribution < -0.4 is 10.6 Å². The summed E-state index contributed by atoms with van der Waals surface area (Å²) >= 11 is 0. The highest BCUT2D eigenvalue weighted by Crippen LogP contribution is 2.29. The fourth-order valence-electron chi connectivity index (χ4n) is 2.41. The van der Waals surface area contributed by atoms with E-state index in [0.717, 1.165) is 11.1 Å². The second kappa shape index (κ2) is 6.27. The van der Waals surface area contributed by atoms with Crippen LogP contribution in [-0.4, -0.2) is 34.8 Å². The van der Waals surface area contributed by atoms with Crippen molar-refractivity contribution in [1.82, 2.24) is 10.6 Å². The fraction of sp³-hybridized carbons (Fsp3) is 0.429. The molecule has 1 aromatic rings. The van der Waals surface area contributed by atoms with Gasteiger partial charge >= 0.3 is 12.0 Å². The maximum absolute atomic E-state index is 11.6. The van der Waals surface area contributed by atoms with Gasteiger partial charge in [-0.25, -0.2) is 4.79 Å². The van der Waals surface area contributed by atoms with Crippen LogP contribution in [0.2, 0.25) is 0 Å². The van der Waals surface area contributed by atoms with Gasteiger partial charge in [-0.15, -0.1) is 0 Å². The number of hydrogen-bond acceptors (Lipinski definition) is 3. The summed E-state index contributed by atoms with van der Waals surface area (Å²) in [6, 6.07) is 5.06. The van der Waals surface area contributed by atoms with E-state index >= 15 is 0 Å². The molecule has 0 bridgehead atoms. The Hall–Kier alpha value is -2.24. The topological polar surface area (TPSA) is 98.7 Å². The van der Waals surface area contributed by atoms with Crippen molar-refractivity contribution in [2.45, 2.75) is 31.7 Å². The molecule has 0 saturated heterocycles. The lowest BCUT2D eigenvalue weighted by Gasteiger charge is -2.12. The van der Waals surface area contributed by atoms with E-state index in [4.69, 9.17) is 5.11 Å². The van der Waals surface area contributed by atoms with E-state index < -0.39 is 5.97 Å². The average molecular weight is 278 g/mol. The Morgan fingerprint density at radius 1 is 1.30 bits per heavy atom. The number of carbonyl (C=O) groups is 2. The molecule has 4 N–H and O–H groups in total. The Morgan fingerprint density at radius 3 is 2.80 bits per heavy atom. The van der Waals surface area contributed by atoms with Gasteiger partial charge in [0.15, 0.2) is 0 Å². The van der Waals surface area contributed by atoms with E-state index in [0.29, 0.717) is 25.8 Å². The smallest absolute Gasteiger partial charge is 0.315 e. The quantitative estimate of drug-likeness (QED) is 0.604. The molecule has 6 nitrogen and oxygen atoms in total. The van der Waals surface area contributed by atoms with Gasteiger partial charge in [-0.2, -0.15) is 0 Å². The number of urea groups is 1. The van der Waals surface area contributed by atoms with Crippen molar-refractivity contribution in [3.05, 3.63) is 29.3 Å². The molecule has 0 spiro atoms. The molecule has 2 rings (SSSR count). The summed E-state index contributed by atoms with van der Waals surface area (Å²) in [6.45, 7) is 0.336. The zero-order valence-corrected chi connectivity index (χ0v) is 11.1. The van der Waals surface area contributed by atoms with E-state index in [1.54, 1.807) is 12.1 Å². The van der Waals surface area contributed by atoms with Gasteiger partial charge in [-0.05, 0) is 36.5 Å². The lowest BCUT2D eigenvalue weighted by Crippen LogP contribution is -2.42. The molecule has 1 aliphatic carbocycles. The van der Waals surface area contributed by atoms with Crippen molar-refractivity contribution in [3.63, 3.8) is 0 Å². The van der Waals surface area contributed by atoms with Crippen molar-refractivity contribution in [3.8, 4) is 5.75 Å². The number of aliphatic carboxylic acids is 1. The molecule has 108 valence electrons. The molecule has 0 aromatic heterocycles. The van der Waals surface area contributed by atoms with E-state index in [9.17, 15) is 14.7 Å². The van der Waals surface area contributed by atoms with Crippen LogP contribution in [0.25, 0.3) is 0 Å². The number of fused-ring (bicyclic) bond motifs is 1. The Bertz CT molecular complexity index is 516. The first-order chi connectivity index (χ1) is 9.56. The number of hydrogen-bond donors (Lipinski definition) is 4. The van der Waals surface area contributed by atoms with E-state index in [1.807, 2.05) is 6.07 Å². The van der Waals surface area contributed by atoms with E-state index in [2.05, 4.69) is 10.6 Å². The van der Waals surface area contributed by atoms with Crippen LogP contribution in [0, 0.1) is 0 Å². The van der Waals surface area contributed by atoms with Gasteiger partial charge < -0.3 is 20.8 Å². The third-order valence-corrected chi connectivity index (χ3v) is 3.35. The third-order valence-electron chi connectivity index (χ3n) is 3.35. The lowest BCUT2D eigenvalue weighted by atomic mass is 10.1. The lowest BCUT2D eigenvalue weighted by molar-refractivity contribution is -0.137. The maximum atomic E-state index is 11.6. The van der Waals surface area contributed by atoms with E-state index in [1.165, 1.54) is 0 Å². The Labute approximate surface area is 116 Å². The molecule has 1 aromatic carbocycles. The summed E-state index contributed by atoms with van der Waals surface area (Å²) < 4.78 is 0. The minimum atomic E-state index is -0.867. The van der Waals surface area contributed by atoms with Crippen LogP contribution in [0.15, 0.2) is 18.2 Å². The number of aromatic hydroxyl groups is 1. The molecule has 20 heavy (non-hydrogen) atoms. The number of benzene rings is 1. The van der Waals surface area contributed by atoms with Crippen molar-refractivity contribution >= 4 is 12.0 Å². The first-order valence-corrected chi connectivity index (χ1v) is 6.62. The SMILES string of the molecule is O=C(O)CCCNC(=O)NC1Cc2cccc(O)c2C1. The van der Waals surface area contributed by atoms with Gasteiger partial charge in [0.2, 0.25) is 0 Å². The number of carbonyl (C=O) groups excluding carboxylic acids is 1. The standard InChI is InChI=1S/C14H18N2O4/c17-12-4-1-3-9-7-10(8-11(9)12)16-14(20)15-6-2-5-13(18)19/h1,3-4,10,17H,2,5-8H2,(H,18,19)(H2,15,16,20). The highest BCUT2D eigenvalue weighted by molar-refractivity contribution is 5.74. The highest BCUT2D eigenvalue weighted by atomic mass is 16.4. The van der Waals surface area contributed by atoms with Crippen molar-refractivity contribution in [1.29, 1.82) is 0 Å². The van der Waals surface area contributed by atoms with Crippen molar-refractivity contribution < 1.29 is 19.8 Å². The number of nitrogens with one attached hydrogen (secondary N) is 2. The molecular formula is C14H18N2O4. The number of amides is 2. The zero-order valence-electron chi connectivity index (χ0n) is 11.1. The van der Waals surface area contributed by atoms with Crippen LogP contribution in [0.1, 0.15) is 24.0 Å². The summed E-state index contributed by atoms with van der Waals surface area (Å²) in [5.41, 5.74) is 1.95. The average Bonchev–Trinajstić information content (AvgIpc) is 2.78. The summed E-state index contributed by atoms with van der Waals surface area (Å²) in [6.07, 6.45) is 1.77. The van der Waals surface area contributed by atoms with Gasteiger partial charge in [0.25, 0.3) is 0 Å². The van der Waals surface area contributed by atoms with Crippen molar-refractivity contribution in [2.75, 3.05) is 6.54 Å². The normalized spacial score (nSPS) is 16.5. The molecule has 1 atom stereocenters. The minimum Gasteiger partial charge on any atom is -0.508 e. The van der Waals surface area contributed by atoms with Gasteiger partial charge in [0.05, 0.1) is 0 Å². The van der Waals surface area contributed by atoms with E-state index in [-0.39, 0.29) is 24.2 Å². The molecular weight excluding hydrogens is 260 g/mol. The van der Waals surface area contributed by atoms with Gasteiger partial charge in [0, 0.05) is 19.0 Å². The first-order valence-electron chi connectivity index (χ1n) is 6.62. The predicted octanol–water partition coefficient (Wildman–Crippen LogP) is 1.02. The molecule has 0 heterocycles. The summed E-state index contributed by atoms with van der Waals surface area (Å²) in [7, 11) is 0. The molecule has 1 unspecified atom stereocenters. The molecule has 0 saturated carbocycles. The molecule has 1 aliphatic rings. The maximum Gasteiger partial charge on any atom is 0.315 e. The Balaban J connectivity index is 1.75. The molecule has 0 aliphatic heterocycles. The molecule has 6 heteroatoms. The zero-order chi connectivity index (χ0) is 14.5. The fourth-order valence-corrected chi connectivity index (χ4v) is 2.41.